The second kappa shape index (κ2) is 7.09. The third-order valence-corrected chi connectivity index (χ3v) is 4.93. The van der Waals surface area contributed by atoms with Gasteiger partial charge in [0.15, 0.2) is 0 Å². The van der Waals surface area contributed by atoms with Gasteiger partial charge in [0.05, 0.1) is 11.3 Å². The van der Waals surface area contributed by atoms with E-state index >= 15 is 0 Å². The predicted octanol–water partition coefficient (Wildman–Crippen LogP) is 3.09. The summed E-state index contributed by atoms with van der Waals surface area (Å²) in [5, 5.41) is 12.4. The van der Waals surface area contributed by atoms with Gasteiger partial charge in [-0.3, -0.25) is 9.59 Å². The van der Waals surface area contributed by atoms with E-state index in [0.717, 1.165) is 29.5 Å². The molecule has 0 spiro atoms. The molecule has 4 heteroatoms. The largest absolute Gasteiger partial charge is 0.481 e. The highest BCUT2D eigenvalue weighted by Crippen LogP contribution is 2.48. The van der Waals surface area contributed by atoms with E-state index in [-0.39, 0.29) is 12.5 Å². The van der Waals surface area contributed by atoms with Crippen molar-refractivity contribution < 1.29 is 14.7 Å². The van der Waals surface area contributed by atoms with Gasteiger partial charge in [0, 0.05) is 6.54 Å². The number of carbonyl (C=O) groups is 2. The molecular formula is C21H23NO3. The third-order valence-electron chi connectivity index (χ3n) is 4.93. The SMILES string of the molecule is Cc1cccc(CC(CNC(=O)C2(c3ccccc3)CC2)C(=O)O)c1. The van der Waals surface area contributed by atoms with Crippen LogP contribution in [0.4, 0.5) is 0 Å². The molecule has 1 atom stereocenters. The maximum atomic E-state index is 12.7. The van der Waals surface area contributed by atoms with E-state index in [0.29, 0.717) is 6.42 Å². The molecule has 2 aromatic rings. The number of nitrogens with one attached hydrogen (secondary N) is 1. The Morgan fingerprint density at radius 1 is 1.12 bits per heavy atom. The van der Waals surface area contributed by atoms with Crippen molar-refractivity contribution in [2.45, 2.75) is 31.6 Å². The van der Waals surface area contributed by atoms with Gasteiger partial charge < -0.3 is 10.4 Å². The van der Waals surface area contributed by atoms with E-state index in [4.69, 9.17) is 0 Å². The monoisotopic (exact) mass is 337 g/mol. The van der Waals surface area contributed by atoms with E-state index < -0.39 is 17.3 Å². The summed E-state index contributed by atoms with van der Waals surface area (Å²) in [5.41, 5.74) is 2.63. The van der Waals surface area contributed by atoms with Crippen LogP contribution in [0.2, 0.25) is 0 Å². The van der Waals surface area contributed by atoms with Crippen LogP contribution in [0.1, 0.15) is 29.5 Å². The normalized spacial score (nSPS) is 16.0. The molecule has 0 saturated heterocycles. The molecule has 1 aliphatic carbocycles. The molecule has 2 aromatic carbocycles. The average Bonchev–Trinajstić information content (AvgIpc) is 3.41. The van der Waals surface area contributed by atoms with Crippen molar-refractivity contribution in [1.29, 1.82) is 0 Å². The van der Waals surface area contributed by atoms with Crippen molar-refractivity contribution in [3.63, 3.8) is 0 Å². The number of carboxylic acid groups (broad SMARTS) is 1. The molecule has 1 saturated carbocycles. The Kier molecular flexibility index (Phi) is 4.88. The zero-order valence-corrected chi connectivity index (χ0v) is 14.4. The molecule has 1 aliphatic rings. The lowest BCUT2D eigenvalue weighted by Crippen LogP contribution is -2.40. The number of benzene rings is 2. The molecule has 1 unspecified atom stereocenters. The Labute approximate surface area is 147 Å². The zero-order chi connectivity index (χ0) is 17.9. The highest BCUT2D eigenvalue weighted by atomic mass is 16.4. The highest BCUT2D eigenvalue weighted by molar-refractivity contribution is 5.91. The average molecular weight is 337 g/mol. The van der Waals surface area contributed by atoms with E-state index in [2.05, 4.69) is 5.32 Å². The van der Waals surface area contributed by atoms with Crippen molar-refractivity contribution >= 4 is 11.9 Å². The standard InChI is InChI=1S/C21H23NO3/c1-15-6-5-7-16(12-15)13-17(19(23)24)14-22-20(25)21(10-11-21)18-8-3-2-4-9-18/h2-9,12,17H,10-11,13-14H2,1H3,(H,22,25)(H,23,24). The first-order valence-corrected chi connectivity index (χ1v) is 8.63. The van der Waals surface area contributed by atoms with Crippen molar-refractivity contribution in [3.8, 4) is 0 Å². The van der Waals surface area contributed by atoms with Gasteiger partial charge in [0.1, 0.15) is 0 Å². The maximum absolute atomic E-state index is 12.7. The zero-order valence-electron chi connectivity index (χ0n) is 14.4. The minimum absolute atomic E-state index is 0.0609. The molecule has 1 amide bonds. The summed E-state index contributed by atoms with van der Waals surface area (Å²) >= 11 is 0. The molecule has 0 radical (unpaired) electrons. The summed E-state index contributed by atoms with van der Waals surface area (Å²) in [4.78, 5) is 24.2. The molecule has 25 heavy (non-hydrogen) atoms. The van der Waals surface area contributed by atoms with Crippen LogP contribution in [0.15, 0.2) is 54.6 Å². The van der Waals surface area contributed by atoms with Crippen LogP contribution in [-0.2, 0) is 21.4 Å². The number of amides is 1. The Bertz CT molecular complexity index is 766. The molecule has 0 bridgehead atoms. The van der Waals surface area contributed by atoms with Crippen LogP contribution in [-0.4, -0.2) is 23.5 Å². The number of carbonyl (C=O) groups excluding carboxylic acids is 1. The molecule has 1 fully saturated rings. The molecular weight excluding hydrogens is 314 g/mol. The fourth-order valence-electron chi connectivity index (χ4n) is 3.28. The fourth-order valence-corrected chi connectivity index (χ4v) is 3.28. The summed E-state index contributed by atoms with van der Waals surface area (Å²) in [6.07, 6.45) is 2.05. The molecule has 2 N–H and O–H groups in total. The van der Waals surface area contributed by atoms with Gasteiger partial charge in [-0.2, -0.15) is 0 Å². The molecule has 0 aliphatic heterocycles. The lowest BCUT2D eigenvalue weighted by atomic mass is 9.94. The van der Waals surface area contributed by atoms with Gasteiger partial charge in [-0.1, -0.05) is 60.2 Å². The second-order valence-electron chi connectivity index (χ2n) is 6.89. The predicted molar refractivity (Wildman–Crippen MR) is 96.4 cm³/mol. The first-order chi connectivity index (χ1) is 12.0. The molecule has 0 aromatic heterocycles. The van der Waals surface area contributed by atoms with E-state index in [1.807, 2.05) is 61.5 Å². The number of aliphatic carboxylic acids is 1. The Hall–Kier alpha value is -2.62. The lowest BCUT2D eigenvalue weighted by Gasteiger charge is -2.18. The minimum atomic E-state index is -0.883. The lowest BCUT2D eigenvalue weighted by molar-refractivity contribution is -0.141. The molecule has 4 nitrogen and oxygen atoms in total. The van der Waals surface area contributed by atoms with Gasteiger partial charge in [-0.15, -0.1) is 0 Å². The Morgan fingerprint density at radius 3 is 2.44 bits per heavy atom. The Balaban J connectivity index is 1.64. The van der Waals surface area contributed by atoms with Crippen molar-refractivity contribution in [3.05, 3.63) is 71.3 Å². The number of hydrogen-bond acceptors (Lipinski definition) is 2. The quantitative estimate of drug-likeness (QED) is 0.816. The summed E-state index contributed by atoms with van der Waals surface area (Å²) < 4.78 is 0. The van der Waals surface area contributed by atoms with Crippen LogP contribution in [0.5, 0.6) is 0 Å². The van der Waals surface area contributed by atoms with Crippen molar-refractivity contribution in [2.75, 3.05) is 6.54 Å². The summed E-state index contributed by atoms with van der Waals surface area (Å²) in [6, 6.07) is 17.6. The minimum Gasteiger partial charge on any atom is -0.481 e. The first-order valence-electron chi connectivity index (χ1n) is 8.63. The van der Waals surface area contributed by atoms with Gasteiger partial charge >= 0.3 is 5.97 Å². The number of rotatable bonds is 7. The maximum Gasteiger partial charge on any atom is 0.308 e. The van der Waals surface area contributed by atoms with Gasteiger partial charge in [-0.05, 0) is 37.3 Å². The fraction of sp³-hybridized carbons (Fsp3) is 0.333. The summed E-state index contributed by atoms with van der Waals surface area (Å²) in [5.74, 6) is -1.57. The van der Waals surface area contributed by atoms with Gasteiger partial charge in [0.25, 0.3) is 0 Å². The van der Waals surface area contributed by atoms with E-state index in [1.165, 1.54) is 0 Å². The van der Waals surface area contributed by atoms with Crippen molar-refractivity contribution in [1.82, 2.24) is 5.32 Å². The first kappa shape index (κ1) is 17.2. The van der Waals surface area contributed by atoms with Crippen LogP contribution in [0.3, 0.4) is 0 Å². The topological polar surface area (TPSA) is 66.4 Å². The van der Waals surface area contributed by atoms with E-state index in [9.17, 15) is 14.7 Å². The third kappa shape index (κ3) is 3.90. The Morgan fingerprint density at radius 2 is 1.84 bits per heavy atom. The van der Waals surface area contributed by atoms with E-state index in [1.54, 1.807) is 0 Å². The molecule has 3 rings (SSSR count). The second-order valence-corrected chi connectivity index (χ2v) is 6.89. The number of carboxylic acids is 1. The summed E-state index contributed by atoms with van der Waals surface area (Å²) in [7, 11) is 0. The highest BCUT2D eigenvalue weighted by Gasteiger charge is 2.51. The van der Waals surface area contributed by atoms with Crippen LogP contribution >= 0.6 is 0 Å². The van der Waals surface area contributed by atoms with Crippen LogP contribution in [0, 0.1) is 12.8 Å². The van der Waals surface area contributed by atoms with Gasteiger partial charge in [0.2, 0.25) is 5.91 Å². The van der Waals surface area contributed by atoms with Crippen LogP contribution < -0.4 is 5.32 Å². The number of hydrogen-bond donors (Lipinski definition) is 2. The molecule has 0 heterocycles. The summed E-state index contributed by atoms with van der Waals surface area (Å²) in [6.45, 7) is 2.13. The number of aryl methyl sites for hydroxylation is 1. The smallest absolute Gasteiger partial charge is 0.308 e. The molecule has 130 valence electrons. The van der Waals surface area contributed by atoms with Crippen molar-refractivity contribution in [2.24, 2.45) is 5.92 Å². The van der Waals surface area contributed by atoms with Gasteiger partial charge in [-0.25, -0.2) is 0 Å². The van der Waals surface area contributed by atoms with Crippen LogP contribution in [0.25, 0.3) is 0 Å².